The standard InChI is InChI=1S/C13H17N3O/c1-14-13(17)9-6-15-7-11-12(9)8-4-2-3-5-10(8)16-11/h2-5,9,13-17H,6-7H2,1H3. The second-order valence-corrected chi connectivity index (χ2v) is 4.53. The molecule has 0 aliphatic carbocycles. The largest absolute Gasteiger partial charge is 0.378 e. The Balaban J connectivity index is 2.17. The third-order valence-corrected chi connectivity index (χ3v) is 3.54. The summed E-state index contributed by atoms with van der Waals surface area (Å²) in [5.41, 5.74) is 3.59. The Morgan fingerprint density at radius 2 is 2.24 bits per heavy atom. The minimum Gasteiger partial charge on any atom is -0.378 e. The van der Waals surface area contributed by atoms with E-state index in [1.165, 1.54) is 16.6 Å². The van der Waals surface area contributed by atoms with Crippen molar-refractivity contribution in [1.29, 1.82) is 0 Å². The van der Waals surface area contributed by atoms with Gasteiger partial charge in [0.05, 0.1) is 0 Å². The molecule has 1 aromatic carbocycles. The van der Waals surface area contributed by atoms with Gasteiger partial charge in [-0.2, -0.15) is 0 Å². The van der Waals surface area contributed by atoms with Gasteiger partial charge in [-0.1, -0.05) is 18.2 Å². The lowest BCUT2D eigenvalue weighted by atomic mass is 9.91. The maximum absolute atomic E-state index is 10.0. The van der Waals surface area contributed by atoms with Gasteiger partial charge in [0.2, 0.25) is 0 Å². The van der Waals surface area contributed by atoms with E-state index in [2.05, 4.69) is 27.8 Å². The molecular formula is C13H17N3O. The van der Waals surface area contributed by atoms with Crippen LogP contribution in [0.2, 0.25) is 0 Å². The van der Waals surface area contributed by atoms with E-state index < -0.39 is 6.23 Å². The minimum absolute atomic E-state index is 0.0971. The van der Waals surface area contributed by atoms with Crippen molar-refractivity contribution in [2.75, 3.05) is 13.6 Å². The van der Waals surface area contributed by atoms with E-state index in [4.69, 9.17) is 0 Å². The number of benzene rings is 1. The molecule has 2 unspecified atom stereocenters. The topological polar surface area (TPSA) is 60.1 Å². The number of H-pyrrole nitrogens is 1. The highest BCUT2D eigenvalue weighted by atomic mass is 16.3. The van der Waals surface area contributed by atoms with Crippen molar-refractivity contribution >= 4 is 10.9 Å². The van der Waals surface area contributed by atoms with Gasteiger partial charge < -0.3 is 15.4 Å². The van der Waals surface area contributed by atoms with Crippen molar-refractivity contribution in [3.63, 3.8) is 0 Å². The quantitative estimate of drug-likeness (QED) is 0.581. The first-order valence-corrected chi connectivity index (χ1v) is 5.97. The fraction of sp³-hybridized carbons (Fsp3) is 0.385. The zero-order valence-electron chi connectivity index (χ0n) is 9.83. The Bertz CT molecular complexity index is 534. The molecule has 1 aliphatic heterocycles. The highest BCUT2D eigenvalue weighted by Crippen LogP contribution is 2.32. The Hall–Kier alpha value is -1.36. The van der Waals surface area contributed by atoms with E-state index in [1.54, 1.807) is 7.05 Å². The van der Waals surface area contributed by atoms with Crippen molar-refractivity contribution in [2.45, 2.75) is 18.7 Å². The Morgan fingerprint density at radius 3 is 3.06 bits per heavy atom. The Labute approximate surface area is 100 Å². The van der Waals surface area contributed by atoms with Crippen LogP contribution in [-0.2, 0) is 6.54 Å². The Morgan fingerprint density at radius 1 is 1.41 bits per heavy atom. The molecule has 90 valence electrons. The van der Waals surface area contributed by atoms with Crippen LogP contribution < -0.4 is 10.6 Å². The number of rotatable bonds is 2. The second kappa shape index (κ2) is 4.14. The maximum Gasteiger partial charge on any atom is 0.112 e. The number of aliphatic hydroxyl groups excluding tert-OH is 1. The molecule has 0 radical (unpaired) electrons. The van der Waals surface area contributed by atoms with E-state index in [-0.39, 0.29) is 5.92 Å². The fourth-order valence-electron chi connectivity index (χ4n) is 2.71. The molecular weight excluding hydrogens is 214 g/mol. The van der Waals surface area contributed by atoms with Crippen LogP contribution >= 0.6 is 0 Å². The Kier molecular flexibility index (Phi) is 2.63. The van der Waals surface area contributed by atoms with Crippen molar-refractivity contribution in [3.8, 4) is 0 Å². The van der Waals surface area contributed by atoms with Crippen molar-refractivity contribution in [3.05, 3.63) is 35.5 Å². The summed E-state index contributed by atoms with van der Waals surface area (Å²) in [6.45, 7) is 1.65. The number of aliphatic hydroxyl groups is 1. The molecule has 0 amide bonds. The molecule has 0 spiro atoms. The summed E-state index contributed by atoms with van der Waals surface area (Å²) >= 11 is 0. The van der Waals surface area contributed by atoms with Crippen LogP contribution in [0.4, 0.5) is 0 Å². The smallest absolute Gasteiger partial charge is 0.112 e. The summed E-state index contributed by atoms with van der Waals surface area (Å²) in [5, 5.41) is 17.5. The summed E-state index contributed by atoms with van der Waals surface area (Å²) in [4.78, 5) is 3.42. The van der Waals surface area contributed by atoms with Gasteiger partial charge in [-0.05, 0) is 18.7 Å². The first-order valence-electron chi connectivity index (χ1n) is 5.97. The van der Waals surface area contributed by atoms with Gasteiger partial charge in [0, 0.05) is 35.6 Å². The van der Waals surface area contributed by atoms with Crippen LogP contribution in [0.1, 0.15) is 17.2 Å². The van der Waals surface area contributed by atoms with E-state index in [9.17, 15) is 5.11 Å². The summed E-state index contributed by atoms with van der Waals surface area (Å²) < 4.78 is 0. The highest BCUT2D eigenvalue weighted by molar-refractivity contribution is 5.85. The SMILES string of the molecule is CNC(O)C1CNCc2[nH]c3ccccc3c21. The molecule has 4 N–H and O–H groups in total. The summed E-state index contributed by atoms with van der Waals surface area (Å²) in [7, 11) is 1.79. The molecule has 1 aliphatic rings. The van der Waals surface area contributed by atoms with Crippen molar-refractivity contribution < 1.29 is 5.11 Å². The summed E-state index contributed by atoms with van der Waals surface area (Å²) in [6, 6.07) is 8.27. The van der Waals surface area contributed by atoms with Crippen LogP contribution in [-0.4, -0.2) is 29.9 Å². The van der Waals surface area contributed by atoms with E-state index in [0.717, 1.165) is 18.6 Å². The molecule has 0 saturated heterocycles. The number of aromatic amines is 1. The maximum atomic E-state index is 10.0. The van der Waals surface area contributed by atoms with Gasteiger partial charge in [0.15, 0.2) is 0 Å². The number of fused-ring (bicyclic) bond motifs is 3. The molecule has 17 heavy (non-hydrogen) atoms. The molecule has 1 aromatic heterocycles. The number of hydrogen-bond acceptors (Lipinski definition) is 3. The minimum atomic E-state index is -0.513. The number of aromatic nitrogens is 1. The van der Waals surface area contributed by atoms with E-state index in [0.29, 0.717) is 0 Å². The number of para-hydroxylation sites is 1. The van der Waals surface area contributed by atoms with Gasteiger partial charge in [-0.25, -0.2) is 0 Å². The van der Waals surface area contributed by atoms with E-state index >= 15 is 0 Å². The fourth-order valence-corrected chi connectivity index (χ4v) is 2.71. The molecule has 0 saturated carbocycles. The third kappa shape index (κ3) is 1.65. The predicted molar refractivity (Wildman–Crippen MR) is 67.8 cm³/mol. The van der Waals surface area contributed by atoms with Gasteiger partial charge in [0.25, 0.3) is 0 Å². The summed E-state index contributed by atoms with van der Waals surface area (Å²) in [6.07, 6.45) is -0.513. The highest BCUT2D eigenvalue weighted by Gasteiger charge is 2.28. The third-order valence-electron chi connectivity index (χ3n) is 3.54. The average molecular weight is 231 g/mol. The normalized spacial score (nSPS) is 21.4. The number of hydrogen-bond donors (Lipinski definition) is 4. The number of likely N-dealkylation sites (N-methyl/N-ethyl adjacent to an activating group) is 1. The van der Waals surface area contributed by atoms with Crippen molar-refractivity contribution in [2.24, 2.45) is 0 Å². The van der Waals surface area contributed by atoms with Crippen molar-refractivity contribution in [1.82, 2.24) is 15.6 Å². The van der Waals surface area contributed by atoms with Gasteiger partial charge in [-0.15, -0.1) is 0 Å². The lowest BCUT2D eigenvalue weighted by Crippen LogP contribution is -2.40. The zero-order valence-corrected chi connectivity index (χ0v) is 9.83. The first-order chi connectivity index (χ1) is 8.31. The average Bonchev–Trinajstić information content (AvgIpc) is 2.76. The molecule has 3 rings (SSSR count). The predicted octanol–water partition coefficient (Wildman–Crippen LogP) is 0.892. The lowest BCUT2D eigenvalue weighted by molar-refractivity contribution is 0.112. The number of nitrogens with one attached hydrogen (secondary N) is 3. The van der Waals surface area contributed by atoms with Crippen LogP contribution in [0.25, 0.3) is 10.9 Å². The summed E-state index contributed by atoms with van der Waals surface area (Å²) in [5.74, 6) is 0.0971. The lowest BCUT2D eigenvalue weighted by Gasteiger charge is -2.28. The molecule has 2 atom stereocenters. The van der Waals surface area contributed by atoms with Gasteiger partial charge in [-0.3, -0.25) is 5.32 Å². The second-order valence-electron chi connectivity index (χ2n) is 4.53. The molecule has 2 aromatic rings. The van der Waals surface area contributed by atoms with Gasteiger partial charge >= 0.3 is 0 Å². The van der Waals surface area contributed by atoms with Crippen LogP contribution in [0.3, 0.4) is 0 Å². The zero-order chi connectivity index (χ0) is 11.8. The molecule has 4 nitrogen and oxygen atoms in total. The van der Waals surface area contributed by atoms with Crippen LogP contribution in [0.5, 0.6) is 0 Å². The van der Waals surface area contributed by atoms with E-state index in [1.807, 2.05) is 12.1 Å². The van der Waals surface area contributed by atoms with Gasteiger partial charge in [0.1, 0.15) is 6.23 Å². The first kappa shape index (κ1) is 10.8. The molecule has 4 heteroatoms. The van der Waals surface area contributed by atoms with Crippen LogP contribution in [0.15, 0.2) is 24.3 Å². The molecule has 2 heterocycles. The monoisotopic (exact) mass is 231 g/mol. The van der Waals surface area contributed by atoms with Crippen LogP contribution in [0, 0.1) is 0 Å². The molecule has 0 fully saturated rings. The molecule has 0 bridgehead atoms.